The van der Waals surface area contributed by atoms with Crippen molar-refractivity contribution in [3.8, 4) is 22.3 Å². The van der Waals surface area contributed by atoms with Crippen molar-refractivity contribution in [2.24, 2.45) is 0 Å². The molecule has 9 aromatic carbocycles. The maximum Gasteiger partial charge on any atom is 0.143 e. The van der Waals surface area contributed by atoms with E-state index in [0.29, 0.717) is 0 Å². The second-order valence-electron chi connectivity index (χ2n) is 14.5. The fourth-order valence-electron chi connectivity index (χ4n) is 8.62. The van der Waals surface area contributed by atoms with Gasteiger partial charge in [-0.1, -0.05) is 109 Å². The van der Waals surface area contributed by atoms with Gasteiger partial charge in [0.2, 0.25) is 0 Å². The Morgan fingerprint density at radius 1 is 0.304 bits per heavy atom. The molecule has 0 atom stereocenters. The number of furan rings is 3. The van der Waals surface area contributed by atoms with Crippen molar-refractivity contribution < 1.29 is 13.3 Å². The molecule has 262 valence electrons. The fourth-order valence-corrected chi connectivity index (χ4v) is 8.62. The Hall–Kier alpha value is -7.56. The van der Waals surface area contributed by atoms with Crippen LogP contribution in [0, 0.1) is 0 Å². The maximum absolute atomic E-state index is 6.73. The Morgan fingerprint density at radius 2 is 0.946 bits per heavy atom. The summed E-state index contributed by atoms with van der Waals surface area (Å²) < 4.78 is 19.5. The molecule has 3 heterocycles. The highest BCUT2D eigenvalue weighted by molar-refractivity contribution is 6.16. The number of fused-ring (bicyclic) bond motifs is 10. The van der Waals surface area contributed by atoms with Crippen LogP contribution in [0.25, 0.3) is 98.8 Å². The molecular weight excluding hydrogens is 687 g/mol. The predicted molar refractivity (Wildman–Crippen MR) is 231 cm³/mol. The van der Waals surface area contributed by atoms with Gasteiger partial charge in [-0.3, -0.25) is 0 Å². The fraction of sp³-hybridized carbons (Fsp3) is 0. The van der Waals surface area contributed by atoms with Gasteiger partial charge >= 0.3 is 0 Å². The van der Waals surface area contributed by atoms with Crippen LogP contribution in [0.3, 0.4) is 0 Å². The highest BCUT2D eigenvalue weighted by atomic mass is 16.3. The zero-order valence-electron chi connectivity index (χ0n) is 30.1. The highest BCUT2D eigenvalue weighted by Gasteiger charge is 2.20. The minimum absolute atomic E-state index is 0.845. The number of para-hydroxylation sites is 3. The Kier molecular flexibility index (Phi) is 6.60. The van der Waals surface area contributed by atoms with E-state index in [4.69, 9.17) is 13.3 Å². The first-order chi connectivity index (χ1) is 27.7. The lowest BCUT2D eigenvalue weighted by molar-refractivity contribution is 0.668. The molecule has 0 aliphatic rings. The van der Waals surface area contributed by atoms with E-state index in [1.807, 2.05) is 18.2 Å². The van der Waals surface area contributed by atoms with Gasteiger partial charge in [0.1, 0.15) is 33.5 Å². The third-order valence-corrected chi connectivity index (χ3v) is 11.2. The monoisotopic (exact) mass is 717 g/mol. The van der Waals surface area contributed by atoms with Crippen LogP contribution in [-0.4, -0.2) is 0 Å². The summed E-state index contributed by atoms with van der Waals surface area (Å²) in [6, 6.07) is 66.1. The Morgan fingerprint density at radius 3 is 1.89 bits per heavy atom. The number of benzene rings is 9. The van der Waals surface area contributed by atoms with E-state index >= 15 is 0 Å². The lowest BCUT2D eigenvalue weighted by atomic mass is 9.96. The molecule has 0 bridgehead atoms. The Balaban J connectivity index is 0.996. The smallest absolute Gasteiger partial charge is 0.143 e. The SMILES string of the molecule is c1ccc(N(c2ccc3ccccc3c2)c2ccc3oc4c(-c5ccc6oc7cccc(-c8ccc9c(c8)oc8ccccc89)c7c6c5)cccc4c3c2)cc1. The summed E-state index contributed by atoms with van der Waals surface area (Å²) in [4.78, 5) is 2.32. The van der Waals surface area contributed by atoms with E-state index in [9.17, 15) is 0 Å². The Bertz CT molecular complexity index is 3500. The van der Waals surface area contributed by atoms with Gasteiger partial charge in [-0.25, -0.2) is 0 Å². The third kappa shape index (κ3) is 4.73. The van der Waals surface area contributed by atoms with Gasteiger partial charge in [0.25, 0.3) is 0 Å². The average Bonchev–Trinajstić information content (AvgIpc) is 3.94. The van der Waals surface area contributed by atoms with Gasteiger partial charge in [-0.15, -0.1) is 0 Å². The van der Waals surface area contributed by atoms with E-state index in [1.54, 1.807) is 0 Å². The molecule has 56 heavy (non-hydrogen) atoms. The van der Waals surface area contributed by atoms with E-state index in [0.717, 1.165) is 105 Å². The standard InChI is InChI=1S/C52H31NO3/c1-2-12-36(13-3-1)53(37-23-20-32-10-4-5-11-33(32)28-37)38-24-27-47-44(31-38)43-17-8-16-40(52(43)56-47)34-22-26-48-45(29-34)51-39(15-9-19-49(51)54-48)35-21-25-42-41-14-6-7-18-46(41)55-50(42)30-35/h1-31H. The Labute approximate surface area is 321 Å². The predicted octanol–water partition coefficient (Wildman–Crippen LogP) is 15.3. The highest BCUT2D eigenvalue weighted by Crippen LogP contribution is 2.44. The zero-order chi connectivity index (χ0) is 36.7. The second-order valence-corrected chi connectivity index (χ2v) is 14.5. The molecule has 0 saturated heterocycles. The van der Waals surface area contributed by atoms with Crippen molar-refractivity contribution in [3.63, 3.8) is 0 Å². The molecule has 12 aromatic rings. The van der Waals surface area contributed by atoms with Crippen LogP contribution in [-0.2, 0) is 0 Å². The first-order valence-electron chi connectivity index (χ1n) is 18.9. The third-order valence-electron chi connectivity index (χ3n) is 11.2. The number of hydrogen-bond acceptors (Lipinski definition) is 4. The normalized spacial score (nSPS) is 11.9. The van der Waals surface area contributed by atoms with Crippen molar-refractivity contribution in [1.29, 1.82) is 0 Å². The molecule has 0 aliphatic heterocycles. The minimum Gasteiger partial charge on any atom is -0.456 e. The lowest BCUT2D eigenvalue weighted by Crippen LogP contribution is -2.09. The summed E-state index contributed by atoms with van der Waals surface area (Å²) in [5, 5.41) is 8.94. The first-order valence-corrected chi connectivity index (χ1v) is 18.9. The molecule has 4 heteroatoms. The van der Waals surface area contributed by atoms with Crippen LogP contribution in [0.4, 0.5) is 17.1 Å². The van der Waals surface area contributed by atoms with Crippen molar-refractivity contribution in [1.82, 2.24) is 0 Å². The summed E-state index contributed by atoms with van der Waals surface area (Å²) in [5.74, 6) is 0. The molecule has 4 nitrogen and oxygen atoms in total. The number of hydrogen-bond donors (Lipinski definition) is 0. The number of nitrogens with zero attached hydrogens (tertiary/aromatic N) is 1. The minimum atomic E-state index is 0.845. The molecule has 0 saturated carbocycles. The van der Waals surface area contributed by atoms with Crippen molar-refractivity contribution in [2.75, 3.05) is 4.90 Å². The molecule has 0 amide bonds. The van der Waals surface area contributed by atoms with Crippen molar-refractivity contribution in [2.45, 2.75) is 0 Å². The van der Waals surface area contributed by atoms with Gasteiger partial charge in [-0.2, -0.15) is 0 Å². The molecule has 0 unspecified atom stereocenters. The summed E-state index contributed by atoms with van der Waals surface area (Å²) >= 11 is 0. The molecule has 0 fully saturated rings. The lowest BCUT2D eigenvalue weighted by Gasteiger charge is -2.25. The van der Waals surface area contributed by atoms with E-state index < -0.39 is 0 Å². The molecule has 12 rings (SSSR count). The maximum atomic E-state index is 6.73. The van der Waals surface area contributed by atoms with Gasteiger partial charge in [0.15, 0.2) is 0 Å². The van der Waals surface area contributed by atoms with Gasteiger partial charge < -0.3 is 18.2 Å². The number of anilines is 3. The quantitative estimate of drug-likeness (QED) is 0.178. The van der Waals surface area contributed by atoms with Gasteiger partial charge in [0, 0.05) is 54.9 Å². The largest absolute Gasteiger partial charge is 0.456 e. The summed E-state index contributed by atoms with van der Waals surface area (Å²) in [6.45, 7) is 0. The summed E-state index contributed by atoms with van der Waals surface area (Å²) in [6.07, 6.45) is 0. The topological polar surface area (TPSA) is 42.7 Å². The summed E-state index contributed by atoms with van der Waals surface area (Å²) in [7, 11) is 0. The first kappa shape index (κ1) is 30.9. The van der Waals surface area contributed by atoms with Crippen LogP contribution in [0.2, 0.25) is 0 Å². The van der Waals surface area contributed by atoms with Crippen LogP contribution in [0.5, 0.6) is 0 Å². The summed E-state index contributed by atoms with van der Waals surface area (Å²) in [5.41, 5.74) is 12.7. The van der Waals surface area contributed by atoms with E-state index in [2.05, 4.69) is 175 Å². The molecule has 3 aromatic heterocycles. The van der Waals surface area contributed by atoms with Gasteiger partial charge in [-0.05, 0) is 106 Å². The van der Waals surface area contributed by atoms with Crippen LogP contribution >= 0.6 is 0 Å². The molecule has 0 aliphatic carbocycles. The molecule has 0 radical (unpaired) electrons. The van der Waals surface area contributed by atoms with Gasteiger partial charge in [0.05, 0.1) is 0 Å². The molecular formula is C52H31NO3. The second kappa shape index (κ2) is 12.0. The van der Waals surface area contributed by atoms with Crippen LogP contribution in [0.1, 0.15) is 0 Å². The van der Waals surface area contributed by atoms with E-state index in [-0.39, 0.29) is 0 Å². The molecule has 0 spiro atoms. The average molecular weight is 718 g/mol. The van der Waals surface area contributed by atoms with Crippen molar-refractivity contribution in [3.05, 3.63) is 188 Å². The van der Waals surface area contributed by atoms with Crippen molar-refractivity contribution >= 4 is 93.7 Å². The number of rotatable bonds is 5. The molecule has 0 N–H and O–H groups in total. The van der Waals surface area contributed by atoms with Crippen LogP contribution in [0.15, 0.2) is 201 Å². The van der Waals surface area contributed by atoms with E-state index in [1.165, 1.54) is 10.8 Å². The van der Waals surface area contributed by atoms with Crippen LogP contribution < -0.4 is 4.90 Å². The zero-order valence-corrected chi connectivity index (χ0v) is 30.1.